The van der Waals surface area contributed by atoms with Gasteiger partial charge in [-0.1, -0.05) is 13.3 Å². The Hall–Kier alpha value is -1.01. The third-order valence-electron chi connectivity index (χ3n) is 3.00. The van der Waals surface area contributed by atoms with Crippen molar-refractivity contribution in [3.05, 3.63) is 32.3 Å². The molecule has 0 aliphatic carbocycles. The summed E-state index contributed by atoms with van der Waals surface area (Å²) in [5.41, 5.74) is -0.622. The van der Waals surface area contributed by atoms with Crippen molar-refractivity contribution >= 4 is 34.2 Å². The second-order valence-electron chi connectivity index (χ2n) is 4.35. The van der Waals surface area contributed by atoms with Crippen LogP contribution in [0, 0.1) is 5.92 Å². The molecule has 0 aromatic carbocycles. The molecule has 2 aromatic heterocycles. The van der Waals surface area contributed by atoms with E-state index in [0.717, 1.165) is 23.4 Å². The molecule has 98 valence electrons. The summed E-state index contributed by atoms with van der Waals surface area (Å²) in [5, 5.41) is 2.43. The number of hydrogen-bond donors (Lipinski definition) is 2. The van der Waals surface area contributed by atoms with Gasteiger partial charge in [0.15, 0.2) is 0 Å². The van der Waals surface area contributed by atoms with Gasteiger partial charge in [0.25, 0.3) is 5.56 Å². The third-order valence-corrected chi connectivity index (χ3v) is 4.45. The summed E-state index contributed by atoms with van der Waals surface area (Å²) in [7, 11) is 0. The number of thiol groups is 1. The summed E-state index contributed by atoms with van der Waals surface area (Å²) in [6.45, 7) is 2.73. The molecule has 0 bridgehead atoms. The highest BCUT2D eigenvalue weighted by molar-refractivity contribution is 7.80. The SMILES string of the molecule is CCCC(CS)Cn1c(=O)[nH]c(=O)c2ccsc21. The van der Waals surface area contributed by atoms with Crippen molar-refractivity contribution in [3.63, 3.8) is 0 Å². The van der Waals surface area contributed by atoms with Gasteiger partial charge in [-0.3, -0.25) is 14.3 Å². The maximum absolute atomic E-state index is 11.9. The summed E-state index contributed by atoms with van der Waals surface area (Å²) in [6, 6.07) is 1.75. The lowest BCUT2D eigenvalue weighted by Gasteiger charge is -2.15. The maximum Gasteiger partial charge on any atom is 0.329 e. The first kappa shape index (κ1) is 13.4. The summed E-state index contributed by atoms with van der Waals surface area (Å²) in [4.78, 5) is 26.6. The van der Waals surface area contributed by atoms with Gasteiger partial charge >= 0.3 is 5.69 Å². The molecule has 0 amide bonds. The number of hydrogen-bond acceptors (Lipinski definition) is 4. The number of aromatic amines is 1. The van der Waals surface area contributed by atoms with Gasteiger partial charge in [0.1, 0.15) is 4.83 Å². The van der Waals surface area contributed by atoms with Crippen molar-refractivity contribution in [2.24, 2.45) is 5.92 Å². The molecule has 2 aromatic rings. The topological polar surface area (TPSA) is 54.9 Å². The lowest BCUT2D eigenvalue weighted by Crippen LogP contribution is -2.31. The predicted octanol–water partition coefficient (Wildman–Crippen LogP) is 2.10. The zero-order valence-corrected chi connectivity index (χ0v) is 11.9. The monoisotopic (exact) mass is 284 g/mol. The van der Waals surface area contributed by atoms with Crippen LogP contribution >= 0.6 is 24.0 Å². The van der Waals surface area contributed by atoms with Gasteiger partial charge in [-0.15, -0.1) is 11.3 Å². The van der Waals surface area contributed by atoms with Crippen LogP contribution in [0.3, 0.4) is 0 Å². The third kappa shape index (κ3) is 2.54. The number of nitrogens with one attached hydrogen (secondary N) is 1. The van der Waals surface area contributed by atoms with Crippen molar-refractivity contribution in [1.82, 2.24) is 9.55 Å². The second-order valence-corrected chi connectivity index (χ2v) is 5.61. The van der Waals surface area contributed by atoms with Crippen LogP contribution in [-0.4, -0.2) is 15.3 Å². The van der Waals surface area contributed by atoms with Crippen LogP contribution in [0.4, 0.5) is 0 Å². The number of rotatable bonds is 5. The zero-order chi connectivity index (χ0) is 13.1. The fourth-order valence-electron chi connectivity index (χ4n) is 2.08. The first-order chi connectivity index (χ1) is 8.67. The Morgan fingerprint density at radius 2 is 2.28 bits per heavy atom. The Kier molecular flexibility index (Phi) is 4.29. The lowest BCUT2D eigenvalue weighted by atomic mass is 10.1. The fraction of sp³-hybridized carbons (Fsp3) is 0.500. The molecule has 1 N–H and O–H groups in total. The molecule has 0 aliphatic heterocycles. The van der Waals surface area contributed by atoms with E-state index in [4.69, 9.17) is 0 Å². The van der Waals surface area contributed by atoms with Crippen LogP contribution in [0.5, 0.6) is 0 Å². The maximum atomic E-state index is 11.9. The van der Waals surface area contributed by atoms with Crippen LogP contribution in [0.25, 0.3) is 10.2 Å². The summed E-state index contributed by atoms with van der Waals surface area (Å²) in [5.74, 6) is 1.10. The zero-order valence-electron chi connectivity index (χ0n) is 10.2. The van der Waals surface area contributed by atoms with E-state index in [1.165, 1.54) is 11.3 Å². The molecular formula is C12H16N2O2S2. The Morgan fingerprint density at radius 3 is 2.94 bits per heavy atom. The number of thiophene rings is 1. The molecule has 0 saturated carbocycles. The molecule has 0 radical (unpaired) electrons. The second kappa shape index (κ2) is 5.75. The van der Waals surface area contributed by atoms with Gasteiger partial charge < -0.3 is 0 Å². The van der Waals surface area contributed by atoms with Gasteiger partial charge in [0.2, 0.25) is 0 Å². The average Bonchev–Trinajstić information content (AvgIpc) is 2.82. The van der Waals surface area contributed by atoms with Gasteiger partial charge in [0.05, 0.1) is 5.39 Å². The number of H-pyrrole nitrogens is 1. The summed E-state index contributed by atoms with van der Waals surface area (Å²) in [6.07, 6.45) is 2.10. The van der Waals surface area contributed by atoms with Crippen molar-refractivity contribution in [2.45, 2.75) is 26.3 Å². The summed E-state index contributed by atoms with van der Waals surface area (Å²) < 4.78 is 1.66. The molecule has 0 fully saturated rings. The van der Waals surface area contributed by atoms with E-state index in [1.807, 2.05) is 5.38 Å². The molecule has 0 spiro atoms. The molecule has 4 nitrogen and oxygen atoms in total. The molecule has 18 heavy (non-hydrogen) atoms. The molecule has 6 heteroatoms. The number of nitrogens with zero attached hydrogens (tertiary/aromatic N) is 1. The van der Waals surface area contributed by atoms with E-state index in [0.29, 0.717) is 17.8 Å². The van der Waals surface area contributed by atoms with Gasteiger partial charge in [-0.2, -0.15) is 12.6 Å². The number of fused-ring (bicyclic) bond motifs is 1. The van der Waals surface area contributed by atoms with Crippen LogP contribution < -0.4 is 11.2 Å². The number of aromatic nitrogens is 2. The van der Waals surface area contributed by atoms with Gasteiger partial charge in [-0.05, 0) is 29.5 Å². The first-order valence-corrected chi connectivity index (χ1v) is 7.49. The minimum atomic E-state index is -0.321. The molecule has 2 heterocycles. The van der Waals surface area contributed by atoms with E-state index in [2.05, 4.69) is 24.5 Å². The quantitative estimate of drug-likeness (QED) is 0.826. The van der Waals surface area contributed by atoms with E-state index >= 15 is 0 Å². The Balaban J connectivity index is 2.47. The van der Waals surface area contributed by atoms with E-state index < -0.39 is 0 Å². The molecular weight excluding hydrogens is 268 g/mol. The molecule has 1 atom stereocenters. The largest absolute Gasteiger partial charge is 0.329 e. The van der Waals surface area contributed by atoms with Crippen molar-refractivity contribution in [1.29, 1.82) is 0 Å². The van der Waals surface area contributed by atoms with Gasteiger partial charge in [0, 0.05) is 6.54 Å². The smallest absolute Gasteiger partial charge is 0.284 e. The van der Waals surface area contributed by atoms with Crippen molar-refractivity contribution in [3.8, 4) is 0 Å². The Morgan fingerprint density at radius 1 is 1.50 bits per heavy atom. The molecule has 0 saturated heterocycles. The van der Waals surface area contributed by atoms with E-state index in [-0.39, 0.29) is 11.2 Å². The van der Waals surface area contributed by atoms with E-state index in [9.17, 15) is 9.59 Å². The fourth-order valence-corrected chi connectivity index (χ4v) is 3.28. The average molecular weight is 284 g/mol. The Labute approximate surface area is 114 Å². The minimum absolute atomic E-state index is 0.301. The van der Waals surface area contributed by atoms with Crippen LogP contribution in [-0.2, 0) is 6.54 Å². The van der Waals surface area contributed by atoms with E-state index in [1.54, 1.807) is 10.6 Å². The van der Waals surface area contributed by atoms with Crippen LogP contribution in [0.2, 0.25) is 0 Å². The predicted molar refractivity (Wildman–Crippen MR) is 79.0 cm³/mol. The first-order valence-electron chi connectivity index (χ1n) is 5.98. The standard InChI is InChI=1S/C12H16N2O2S2/c1-2-3-8(7-17)6-14-11-9(4-5-18-11)10(15)13-12(14)16/h4-5,8,17H,2-3,6-7H2,1H3,(H,13,15,16). The Bertz CT molecular complexity index is 641. The molecule has 2 rings (SSSR count). The highest BCUT2D eigenvalue weighted by Gasteiger charge is 2.13. The summed E-state index contributed by atoms with van der Waals surface area (Å²) >= 11 is 5.76. The lowest BCUT2D eigenvalue weighted by molar-refractivity contribution is 0.451. The van der Waals surface area contributed by atoms with Crippen LogP contribution in [0.15, 0.2) is 21.0 Å². The minimum Gasteiger partial charge on any atom is -0.284 e. The van der Waals surface area contributed by atoms with Gasteiger partial charge in [-0.25, -0.2) is 4.79 Å². The highest BCUT2D eigenvalue weighted by Crippen LogP contribution is 2.18. The normalized spacial score (nSPS) is 13.0. The van der Waals surface area contributed by atoms with Crippen molar-refractivity contribution in [2.75, 3.05) is 5.75 Å². The van der Waals surface area contributed by atoms with Crippen LogP contribution in [0.1, 0.15) is 19.8 Å². The molecule has 1 unspecified atom stereocenters. The molecule has 0 aliphatic rings. The van der Waals surface area contributed by atoms with Crippen molar-refractivity contribution < 1.29 is 0 Å². The highest BCUT2D eigenvalue weighted by atomic mass is 32.1.